The highest BCUT2D eigenvalue weighted by Gasteiger charge is 2.33. The number of hydrogen-bond acceptors (Lipinski definition) is 4. The first-order chi connectivity index (χ1) is 8.80. The lowest BCUT2D eigenvalue weighted by Gasteiger charge is -2.34. The molecule has 1 aromatic heterocycles. The molecule has 0 radical (unpaired) electrons. The van der Waals surface area contributed by atoms with Gasteiger partial charge in [-0.3, -0.25) is 0 Å². The maximum absolute atomic E-state index is 12.6. The highest BCUT2D eigenvalue weighted by atomic mass is 79.9. The van der Waals surface area contributed by atoms with E-state index in [-0.39, 0.29) is 22.3 Å². The fraction of sp³-hybridized carbons (Fsp3) is 0.545. The molecule has 1 aliphatic rings. The van der Waals surface area contributed by atoms with Gasteiger partial charge in [0.1, 0.15) is 10.0 Å². The highest BCUT2D eigenvalue weighted by Crippen LogP contribution is 2.27. The lowest BCUT2D eigenvalue weighted by atomic mass is 10.3. The second-order valence-corrected chi connectivity index (χ2v) is 7.70. The van der Waals surface area contributed by atoms with Crippen LogP contribution >= 0.6 is 27.5 Å². The van der Waals surface area contributed by atoms with E-state index in [4.69, 9.17) is 16.3 Å². The summed E-state index contributed by atoms with van der Waals surface area (Å²) in [5.41, 5.74) is 0. The minimum atomic E-state index is -3.65. The Balaban J connectivity index is 2.39. The summed E-state index contributed by atoms with van der Waals surface area (Å²) in [4.78, 5) is 3.88. The molecule has 0 amide bonds. The van der Waals surface area contributed by atoms with Crippen LogP contribution in [0, 0.1) is 0 Å². The zero-order valence-electron chi connectivity index (χ0n) is 10.5. The molecule has 106 valence electrons. The van der Waals surface area contributed by atoms with E-state index in [1.807, 2.05) is 13.8 Å². The second kappa shape index (κ2) is 5.65. The van der Waals surface area contributed by atoms with Crippen LogP contribution < -0.4 is 0 Å². The minimum absolute atomic E-state index is 0.0184. The van der Waals surface area contributed by atoms with Crippen LogP contribution in [0.1, 0.15) is 13.8 Å². The molecule has 1 aromatic rings. The van der Waals surface area contributed by atoms with Crippen LogP contribution in [0.5, 0.6) is 0 Å². The number of nitrogens with zero attached hydrogens (tertiary/aromatic N) is 2. The summed E-state index contributed by atoms with van der Waals surface area (Å²) >= 11 is 9.11. The van der Waals surface area contributed by atoms with Crippen LogP contribution in [0.2, 0.25) is 5.15 Å². The Hall–Kier alpha value is -0.210. The van der Waals surface area contributed by atoms with Crippen molar-refractivity contribution in [3.8, 4) is 0 Å². The molecule has 5 nitrogen and oxygen atoms in total. The zero-order valence-corrected chi connectivity index (χ0v) is 13.7. The molecule has 2 rings (SSSR count). The first-order valence-corrected chi connectivity index (χ1v) is 8.38. The third-order valence-electron chi connectivity index (χ3n) is 2.78. The van der Waals surface area contributed by atoms with Crippen molar-refractivity contribution in [3.05, 3.63) is 21.9 Å². The molecule has 2 heterocycles. The SMILES string of the molecule is CC1CN(S(=O)(=O)c2cc(Br)cnc2Cl)CC(C)O1. The fourth-order valence-electron chi connectivity index (χ4n) is 2.05. The molecule has 0 spiro atoms. The molecule has 8 heteroatoms. The van der Waals surface area contributed by atoms with Crippen molar-refractivity contribution in [2.24, 2.45) is 0 Å². The van der Waals surface area contributed by atoms with Gasteiger partial charge in [-0.2, -0.15) is 4.31 Å². The minimum Gasteiger partial charge on any atom is -0.373 e. The molecule has 0 saturated carbocycles. The van der Waals surface area contributed by atoms with Crippen LogP contribution in [-0.2, 0) is 14.8 Å². The summed E-state index contributed by atoms with van der Waals surface area (Å²) in [5.74, 6) is 0. The van der Waals surface area contributed by atoms with Crippen molar-refractivity contribution in [2.75, 3.05) is 13.1 Å². The largest absolute Gasteiger partial charge is 0.373 e. The van der Waals surface area contributed by atoms with E-state index < -0.39 is 10.0 Å². The van der Waals surface area contributed by atoms with Gasteiger partial charge in [0.15, 0.2) is 0 Å². The predicted molar refractivity (Wildman–Crippen MR) is 75.7 cm³/mol. The van der Waals surface area contributed by atoms with Crippen LogP contribution in [0.25, 0.3) is 0 Å². The third-order valence-corrected chi connectivity index (χ3v) is 5.47. The smallest absolute Gasteiger partial charge is 0.246 e. The lowest BCUT2D eigenvalue weighted by Crippen LogP contribution is -2.48. The number of sulfonamides is 1. The monoisotopic (exact) mass is 368 g/mol. The first kappa shape index (κ1) is 15.2. The van der Waals surface area contributed by atoms with Crippen molar-refractivity contribution in [1.29, 1.82) is 0 Å². The molecule has 19 heavy (non-hydrogen) atoms. The zero-order chi connectivity index (χ0) is 14.2. The van der Waals surface area contributed by atoms with Gasteiger partial charge in [0.05, 0.1) is 12.2 Å². The number of halogens is 2. The van der Waals surface area contributed by atoms with Crippen LogP contribution in [0.4, 0.5) is 0 Å². The highest BCUT2D eigenvalue weighted by molar-refractivity contribution is 9.10. The summed E-state index contributed by atoms with van der Waals surface area (Å²) in [5, 5.41) is -0.0185. The number of aromatic nitrogens is 1. The average Bonchev–Trinajstić information content (AvgIpc) is 2.31. The standard InChI is InChI=1S/C11H14BrClN2O3S/c1-7-5-15(6-8(2)18-7)19(16,17)10-3-9(12)4-14-11(10)13/h3-4,7-8H,5-6H2,1-2H3. The second-order valence-electron chi connectivity index (χ2n) is 4.52. The Bertz CT molecular complexity index is 571. The number of ether oxygens (including phenoxy) is 1. The van der Waals surface area contributed by atoms with Gasteiger partial charge in [-0.05, 0) is 35.8 Å². The maximum atomic E-state index is 12.6. The predicted octanol–water partition coefficient (Wildman–Crippen LogP) is 2.30. The molecule has 2 atom stereocenters. The van der Waals surface area contributed by atoms with E-state index in [9.17, 15) is 8.42 Å². The van der Waals surface area contributed by atoms with E-state index in [2.05, 4.69) is 20.9 Å². The molecule has 0 bridgehead atoms. The van der Waals surface area contributed by atoms with E-state index in [1.54, 1.807) is 0 Å². The van der Waals surface area contributed by atoms with Gasteiger partial charge in [-0.25, -0.2) is 13.4 Å². The van der Waals surface area contributed by atoms with Crippen molar-refractivity contribution in [3.63, 3.8) is 0 Å². The molecule has 0 N–H and O–H groups in total. The van der Waals surface area contributed by atoms with Crippen LogP contribution in [0.3, 0.4) is 0 Å². The van der Waals surface area contributed by atoms with Crippen molar-refractivity contribution in [1.82, 2.24) is 9.29 Å². The summed E-state index contributed by atoms with van der Waals surface area (Å²) in [6, 6.07) is 1.47. The van der Waals surface area contributed by atoms with E-state index >= 15 is 0 Å². The normalized spacial score (nSPS) is 25.5. The Labute approximate surface area is 126 Å². The maximum Gasteiger partial charge on any atom is 0.246 e. The lowest BCUT2D eigenvalue weighted by molar-refractivity contribution is -0.0440. The molecular formula is C11H14BrClN2O3S. The van der Waals surface area contributed by atoms with Crippen LogP contribution in [0.15, 0.2) is 21.6 Å². The van der Waals surface area contributed by atoms with Gasteiger partial charge < -0.3 is 4.74 Å². The Morgan fingerprint density at radius 2 is 2.00 bits per heavy atom. The quantitative estimate of drug-likeness (QED) is 0.751. The third kappa shape index (κ3) is 3.28. The molecule has 2 unspecified atom stereocenters. The van der Waals surface area contributed by atoms with Gasteiger partial charge in [-0.15, -0.1) is 0 Å². The molecule has 1 aliphatic heterocycles. The average molecular weight is 370 g/mol. The van der Waals surface area contributed by atoms with Gasteiger partial charge in [0.2, 0.25) is 10.0 Å². The van der Waals surface area contributed by atoms with Gasteiger partial charge >= 0.3 is 0 Å². The van der Waals surface area contributed by atoms with Gasteiger partial charge in [0.25, 0.3) is 0 Å². The van der Waals surface area contributed by atoms with Crippen molar-refractivity contribution < 1.29 is 13.2 Å². The number of morpholine rings is 1. The van der Waals surface area contributed by atoms with Crippen molar-refractivity contribution in [2.45, 2.75) is 31.0 Å². The number of rotatable bonds is 2. The Morgan fingerprint density at radius 1 is 1.42 bits per heavy atom. The van der Waals surface area contributed by atoms with Gasteiger partial charge in [-0.1, -0.05) is 11.6 Å². The van der Waals surface area contributed by atoms with E-state index in [0.717, 1.165) is 0 Å². The van der Waals surface area contributed by atoms with E-state index in [1.165, 1.54) is 16.6 Å². The van der Waals surface area contributed by atoms with Crippen molar-refractivity contribution >= 4 is 37.6 Å². The molecule has 1 saturated heterocycles. The van der Waals surface area contributed by atoms with Gasteiger partial charge in [0, 0.05) is 23.8 Å². The Kier molecular flexibility index (Phi) is 4.52. The Morgan fingerprint density at radius 3 is 2.58 bits per heavy atom. The van der Waals surface area contributed by atoms with Crippen LogP contribution in [-0.4, -0.2) is 43.0 Å². The van der Waals surface area contributed by atoms with E-state index in [0.29, 0.717) is 17.6 Å². The fourth-order valence-corrected chi connectivity index (χ4v) is 4.56. The first-order valence-electron chi connectivity index (χ1n) is 5.77. The summed E-state index contributed by atoms with van der Waals surface area (Å²) < 4.78 is 32.7. The molecule has 0 aromatic carbocycles. The topological polar surface area (TPSA) is 59.5 Å². The summed E-state index contributed by atoms with van der Waals surface area (Å²) in [7, 11) is -3.65. The summed E-state index contributed by atoms with van der Waals surface area (Å²) in [6.07, 6.45) is 1.18. The molecule has 0 aliphatic carbocycles. The number of pyridine rings is 1. The molecular weight excluding hydrogens is 356 g/mol. The molecule has 1 fully saturated rings. The summed E-state index contributed by atoms with van der Waals surface area (Å²) in [6.45, 7) is 4.32. The number of hydrogen-bond donors (Lipinski definition) is 0.